The number of sulfonamides is 1. The number of ether oxygens (including phenoxy) is 1. The van der Waals surface area contributed by atoms with Gasteiger partial charge in [-0.1, -0.05) is 23.7 Å². The summed E-state index contributed by atoms with van der Waals surface area (Å²) in [5.74, 6) is 0.462. The van der Waals surface area contributed by atoms with E-state index in [0.29, 0.717) is 27.9 Å². The molecule has 2 heterocycles. The minimum atomic E-state index is -3.96. The largest absolute Gasteiger partial charge is 0.437 e. The van der Waals surface area contributed by atoms with Crippen molar-refractivity contribution in [1.29, 1.82) is 0 Å². The molecule has 1 aliphatic heterocycles. The molecule has 3 aromatic rings. The first kappa shape index (κ1) is 24.4. The minimum Gasteiger partial charge on any atom is -0.437 e. The van der Waals surface area contributed by atoms with E-state index in [0.717, 1.165) is 0 Å². The van der Waals surface area contributed by atoms with E-state index < -0.39 is 26.3 Å². The Balaban J connectivity index is 1.67. The highest BCUT2D eigenvalue weighted by molar-refractivity contribution is 7.90. The second-order valence-electron chi connectivity index (χ2n) is 7.59. The molecule has 34 heavy (non-hydrogen) atoms. The second kappa shape index (κ2) is 9.84. The third kappa shape index (κ3) is 5.65. The normalized spacial score (nSPS) is 18.2. The second-order valence-corrected chi connectivity index (χ2v) is 11.6. The van der Waals surface area contributed by atoms with Crippen LogP contribution in [0.4, 0.5) is 5.69 Å². The summed E-state index contributed by atoms with van der Waals surface area (Å²) < 4.78 is 57.9. The third-order valence-electron chi connectivity index (χ3n) is 5.16. The van der Waals surface area contributed by atoms with Crippen LogP contribution in [0.3, 0.4) is 0 Å². The highest BCUT2D eigenvalue weighted by Crippen LogP contribution is 2.39. The van der Waals surface area contributed by atoms with E-state index in [1.54, 1.807) is 48.5 Å². The molecule has 2 aromatic carbocycles. The van der Waals surface area contributed by atoms with Crippen molar-refractivity contribution in [3.63, 3.8) is 0 Å². The summed E-state index contributed by atoms with van der Waals surface area (Å²) in [6, 6.07) is 12.9. The van der Waals surface area contributed by atoms with Gasteiger partial charge >= 0.3 is 10.2 Å². The first-order chi connectivity index (χ1) is 16.1. The zero-order valence-electron chi connectivity index (χ0n) is 17.9. The Morgan fingerprint density at radius 3 is 2.59 bits per heavy atom. The topological polar surface area (TPSA) is 136 Å². The molecule has 1 aliphatic rings. The monoisotopic (exact) mass is 523 g/mol. The van der Waals surface area contributed by atoms with E-state index in [-0.39, 0.29) is 25.3 Å². The average Bonchev–Trinajstić information content (AvgIpc) is 3.05. The van der Waals surface area contributed by atoms with Crippen molar-refractivity contribution in [3.05, 3.63) is 77.7 Å². The van der Waals surface area contributed by atoms with E-state index in [1.165, 1.54) is 27.2 Å². The van der Waals surface area contributed by atoms with Gasteiger partial charge in [0.05, 0.1) is 23.7 Å². The number of halogens is 1. The van der Waals surface area contributed by atoms with Gasteiger partial charge in [0.1, 0.15) is 5.75 Å². The maximum Gasteiger partial charge on any atom is 0.304 e. The Bertz CT molecular complexity index is 1360. The van der Waals surface area contributed by atoms with Crippen LogP contribution in [0.5, 0.6) is 11.6 Å². The van der Waals surface area contributed by atoms with Crippen molar-refractivity contribution in [2.75, 3.05) is 23.1 Å². The van der Waals surface area contributed by atoms with Gasteiger partial charge in [-0.25, -0.2) is 22.8 Å². The number of anilines is 1. The van der Waals surface area contributed by atoms with Crippen LogP contribution in [0.15, 0.2) is 67.1 Å². The van der Waals surface area contributed by atoms with Gasteiger partial charge < -0.3 is 4.74 Å². The van der Waals surface area contributed by atoms with E-state index >= 15 is 0 Å². The number of rotatable bonds is 8. The number of hydrogen-bond acceptors (Lipinski definition) is 7. The van der Waals surface area contributed by atoms with E-state index in [2.05, 4.69) is 9.97 Å². The van der Waals surface area contributed by atoms with Crippen LogP contribution in [-0.4, -0.2) is 50.0 Å². The Hall–Kier alpha value is -2.77. The highest BCUT2D eigenvalue weighted by Gasteiger charge is 2.44. The summed E-state index contributed by atoms with van der Waals surface area (Å²) in [7, 11) is -7.66. The van der Waals surface area contributed by atoms with Gasteiger partial charge in [0.15, 0.2) is 0 Å². The van der Waals surface area contributed by atoms with Gasteiger partial charge in [-0.15, -0.1) is 0 Å². The van der Waals surface area contributed by atoms with Crippen molar-refractivity contribution >= 4 is 37.5 Å². The van der Waals surface area contributed by atoms with Gasteiger partial charge in [-0.3, -0.25) is 4.98 Å². The number of primary sulfonamides is 1. The quantitative estimate of drug-likeness (QED) is 0.479. The van der Waals surface area contributed by atoms with E-state index in [4.69, 9.17) is 21.5 Å². The Morgan fingerprint density at radius 1 is 1.15 bits per heavy atom. The molecule has 0 spiro atoms. The molecule has 0 radical (unpaired) electrons. The SMILES string of the molecule is NS(=O)(=O)CCCN1C[C@H](c2cccc(Oc3cnccn3)c2)N(c2ccc(Cl)cc2)S1(=O)=O. The lowest BCUT2D eigenvalue weighted by Crippen LogP contribution is -2.35. The van der Waals surface area contributed by atoms with Crippen LogP contribution < -0.4 is 14.2 Å². The molecule has 0 unspecified atom stereocenters. The highest BCUT2D eigenvalue weighted by atomic mass is 35.5. The van der Waals surface area contributed by atoms with Crippen molar-refractivity contribution in [2.24, 2.45) is 5.14 Å². The van der Waals surface area contributed by atoms with Crippen LogP contribution in [-0.2, 0) is 20.2 Å². The van der Waals surface area contributed by atoms with Crippen LogP contribution >= 0.6 is 11.6 Å². The van der Waals surface area contributed by atoms with Crippen LogP contribution in [0.2, 0.25) is 5.02 Å². The lowest BCUT2D eigenvalue weighted by atomic mass is 10.1. The summed E-state index contributed by atoms with van der Waals surface area (Å²) in [5.41, 5.74) is 1.12. The lowest BCUT2D eigenvalue weighted by Gasteiger charge is -2.25. The summed E-state index contributed by atoms with van der Waals surface area (Å²) in [6.07, 6.45) is 4.58. The minimum absolute atomic E-state index is 0.00908. The van der Waals surface area contributed by atoms with E-state index in [9.17, 15) is 16.8 Å². The van der Waals surface area contributed by atoms with Crippen LogP contribution in [0.1, 0.15) is 18.0 Å². The maximum absolute atomic E-state index is 13.5. The molecule has 1 atom stereocenters. The molecule has 1 saturated heterocycles. The fourth-order valence-electron chi connectivity index (χ4n) is 3.68. The smallest absolute Gasteiger partial charge is 0.304 e. The first-order valence-corrected chi connectivity index (χ1v) is 13.7. The molecule has 1 aromatic heterocycles. The summed E-state index contributed by atoms with van der Waals surface area (Å²) in [6.45, 7) is 0.124. The van der Waals surface area contributed by atoms with Crippen LogP contribution in [0, 0.1) is 0 Å². The van der Waals surface area contributed by atoms with Gasteiger partial charge in [-0.05, 0) is 48.4 Å². The van der Waals surface area contributed by atoms with Crippen molar-refractivity contribution in [2.45, 2.75) is 12.5 Å². The fourth-order valence-corrected chi connectivity index (χ4v) is 6.18. The molecule has 4 rings (SSSR count). The predicted molar refractivity (Wildman–Crippen MR) is 128 cm³/mol. The molecule has 2 N–H and O–H groups in total. The molecule has 0 saturated carbocycles. The summed E-state index contributed by atoms with van der Waals surface area (Å²) in [5, 5.41) is 5.55. The summed E-state index contributed by atoms with van der Waals surface area (Å²) >= 11 is 6.01. The maximum atomic E-state index is 13.5. The Kier molecular flexibility index (Phi) is 7.05. The Labute approximate surface area is 203 Å². The molecule has 0 aliphatic carbocycles. The fraction of sp³-hybridized carbons (Fsp3) is 0.238. The number of benzene rings is 2. The first-order valence-electron chi connectivity index (χ1n) is 10.2. The zero-order valence-corrected chi connectivity index (χ0v) is 20.2. The van der Waals surface area contributed by atoms with Crippen molar-refractivity contribution in [1.82, 2.24) is 14.3 Å². The molecule has 0 amide bonds. The van der Waals surface area contributed by atoms with Gasteiger partial charge in [0, 0.05) is 30.5 Å². The molecular formula is C21H22ClN5O5S2. The molecular weight excluding hydrogens is 502 g/mol. The molecule has 1 fully saturated rings. The molecule has 13 heteroatoms. The molecule has 180 valence electrons. The number of nitrogens with two attached hydrogens (primary N) is 1. The average molecular weight is 524 g/mol. The standard InChI is InChI=1S/C21H22ClN5O5S2/c22-17-5-7-18(8-6-17)27-20(15-26(34(27,30)31)11-2-12-33(23,28)29)16-3-1-4-19(13-16)32-21-14-24-9-10-25-21/h1,3-10,13-14,20H,2,11-12,15H2,(H2,23,28,29)/t20-/m1/s1. The molecule has 0 bridgehead atoms. The number of aromatic nitrogens is 2. The van der Waals surface area contributed by atoms with Crippen molar-refractivity contribution < 1.29 is 21.6 Å². The third-order valence-corrected chi connectivity index (χ3v) is 8.21. The van der Waals surface area contributed by atoms with Gasteiger partial charge in [-0.2, -0.15) is 12.7 Å². The molecule has 10 nitrogen and oxygen atoms in total. The number of nitrogens with zero attached hydrogens (tertiary/aromatic N) is 4. The van der Waals surface area contributed by atoms with Gasteiger partial charge in [0.25, 0.3) is 0 Å². The van der Waals surface area contributed by atoms with Crippen LogP contribution in [0.25, 0.3) is 0 Å². The van der Waals surface area contributed by atoms with Crippen molar-refractivity contribution in [3.8, 4) is 11.6 Å². The number of hydrogen-bond donors (Lipinski definition) is 1. The zero-order chi connectivity index (χ0) is 24.3. The van der Waals surface area contributed by atoms with Gasteiger partial charge in [0.2, 0.25) is 15.9 Å². The Morgan fingerprint density at radius 2 is 1.91 bits per heavy atom. The predicted octanol–water partition coefficient (Wildman–Crippen LogP) is 2.71. The summed E-state index contributed by atoms with van der Waals surface area (Å²) in [4.78, 5) is 8.06. The van der Waals surface area contributed by atoms with E-state index in [1.807, 2.05) is 0 Å². The lowest BCUT2D eigenvalue weighted by molar-refractivity contribution is 0.428.